The Kier molecular flexibility index (Phi) is 4.63. The molecule has 0 saturated carbocycles. The van der Waals surface area contributed by atoms with E-state index in [9.17, 15) is 9.59 Å². The molecular weight excluding hydrogens is 444 g/mol. The zero-order valence-electron chi connectivity index (χ0n) is 19.5. The summed E-state index contributed by atoms with van der Waals surface area (Å²) in [6.07, 6.45) is 3.05. The Morgan fingerprint density at radius 1 is 0.914 bits per heavy atom. The van der Waals surface area contributed by atoms with Crippen LogP contribution in [0, 0.1) is 13.8 Å². The van der Waals surface area contributed by atoms with E-state index < -0.39 is 0 Å². The second kappa shape index (κ2) is 7.73. The minimum atomic E-state index is -0.226. The van der Waals surface area contributed by atoms with Crippen molar-refractivity contribution in [3.63, 3.8) is 0 Å². The van der Waals surface area contributed by atoms with Crippen LogP contribution in [-0.2, 0) is 13.1 Å². The molecule has 2 aromatic carbocycles. The van der Waals surface area contributed by atoms with Crippen LogP contribution in [0.2, 0.25) is 0 Å². The number of rotatable bonds is 4. The van der Waals surface area contributed by atoms with Gasteiger partial charge >= 0.3 is 0 Å². The van der Waals surface area contributed by atoms with Crippen molar-refractivity contribution in [1.29, 1.82) is 0 Å². The summed E-state index contributed by atoms with van der Waals surface area (Å²) in [6, 6.07) is 13.4. The van der Waals surface area contributed by atoms with E-state index in [4.69, 9.17) is 0 Å². The van der Waals surface area contributed by atoms with E-state index in [0.717, 1.165) is 16.8 Å². The van der Waals surface area contributed by atoms with Crippen molar-refractivity contribution < 1.29 is 0 Å². The van der Waals surface area contributed by atoms with Crippen LogP contribution in [0.15, 0.2) is 64.6 Å². The fourth-order valence-electron chi connectivity index (χ4n) is 4.68. The molecule has 10 nitrogen and oxygen atoms in total. The van der Waals surface area contributed by atoms with Crippen molar-refractivity contribution in [2.24, 2.45) is 0 Å². The molecule has 35 heavy (non-hydrogen) atoms. The molecule has 0 N–H and O–H groups in total. The summed E-state index contributed by atoms with van der Waals surface area (Å²) in [6.45, 7) is 6.53. The van der Waals surface area contributed by atoms with Crippen LogP contribution in [-0.4, -0.2) is 38.5 Å². The second-order valence-corrected chi connectivity index (χ2v) is 8.64. The second-order valence-electron chi connectivity index (χ2n) is 8.64. The molecule has 0 saturated heterocycles. The Hall–Kier alpha value is -4.60. The van der Waals surface area contributed by atoms with E-state index in [0.29, 0.717) is 40.1 Å². The molecule has 0 atom stereocenters. The summed E-state index contributed by atoms with van der Waals surface area (Å²) < 4.78 is 6.58. The highest BCUT2D eigenvalue weighted by atomic mass is 16.1. The SMILES string of the molecule is CCn1c(=O)c2ccccc2n2c(Cn3cnc4c(cnn4-c4cc(C)cc(C)c4)c3=O)nnc12. The average Bonchev–Trinajstić information content (AvgIpc) is 3.46. The summed E-state index contributed by atoms with van der Waals surface area (Å²) in [4.78, 5) is 30.8. The first kappa shape index (κ1) is 21.0. The number of aromatic nitrogens is 8. The smallest absolute Gasteiger partial charge is 0.264 e. The standard InChI is InChI=1S/C25H22N8O2/c1-4-31-24(35)18-7-5-6-8-20(18)32-21(28-29-25(31)32)13-30-14-26-22-19(23(30)34)12-27-33(22)17-10-15(2)9-16(3)11-17/h5-12,14H,4,13H2,1-3H3. The number of hydrogen-bond donors (Lipinski definition) is 0. The maximum Gasteiger partial charge on any atom is 0.264 e. The molecule has 0 spiro atoms. The number of nitrogens with zero attached hydrogens (tertiary/aromatic N) is 8. The first-order valence-corrected chi connectivity index (χ1v) is 11.3. The van der Waals surface area contributed by atoms with Gasteiger partial charge in [-0.05, 0) is 56.2 Å². The maximum absolute atomic E-state index is 13.4. The molecule has 0 bridgehead atoms. The Bertz CT molecular complexity index is 1870. The highest BCUT2D eigenvalue weighted by Gasteiger charge is 2.18. The fraction of sp³-hybridized carbons (Fsp3) is 0.200. The van der Waals surface area contributed by atoms with Crippen LogP contribution >= 0.6 is 0 Å². The largest absolute Gasteiger partial charge is 0.291 e. The van der Waals surface area contributed by atoms with Gasteiger partial charge in [-0.15, -0.1) is 10.2 Å². The molecule has 4 heterocycles. The van der Waals surface area contributed by atoms with Crippen molar-refractivity contribution >= 4 is 27.7 Å². The molecule has 6 aromatic rings. The third kappa shape index (κ3) is 3.17. The van der Waals surface area contributed by atoms with E-state index >= 15 is 0 Å². The van der Waals surface area contributed by atoms with Gasteiger partial charge in [-0.25, -0.2) is 9.67 Å². The number of hydrogen-bond acceptors (Lipinski definition) is 6. The Labute approximate surface area is 198 Å². The first-order chi connectivity index (χ1) is 17.0. The van der Waals surface area contributed by atoms with Gasteiger partial charge in [0.25, 0.3) is 11.1 Å². The van der Waals surface area contributed by atoms with E-state index in [1.807, 2.05) is 55.5 Å². The van der Waals surface area contributed by atoms with Gasteiger partial charge in [0.2, 0.25) is 5.78 Å². The predicted molar refractivity (Wildman–Crippen MR) is 132 cm³/mol. The summed E-state index contributed by atoms with van der Waals surface area (Å²) in [5.74, 6) is 0.972. The molecule has 0 amide bonds. The zero-order chi connectivity index (χ0) is 24.3. The number of aryl methyl sites for hydroxylation is 3. The minimum Gasteiger partial charge on any atom is -0.291 e. The zero-order valence-corrected chi connectivity index (χ0v) is 19.5. The molecule has 0 aliphatic rings. The predicted octanol–water partition coefficient (Wildman–Crippen LogP) is 2.62. The van der Waals surface area contributed by atoms with Gasteiger partial charge in [0.15, 0.2) is 11.5 Å². The first-order valence-electron chi connectivity index (χ1n) is 11.3. The molecule has 0 radical (unpaired) electrons. The van der Waals surface area contributed by atoms with Gasteiger partial charge in [0.05, 0.1) is 29.3 Å². The Morgan fingerprint density at radius 3 is 2.46 bits per heavy atom. The van der Waals surface area contributed by atoms with E-state index in [2.05, 4.69) is 26.3 Å². The van der Waals surface area contributed by atoms with Gasteiger partial charge in [-0.2, -0.15) is 5.10 Å². The number of fused-ring (bicyclic) bond motifs is 4. The number of para-hydroxylation sites is 1. The van der Waals surface area contributed by atoms with E-state index in [1.54, 1.807) is 21.5 Å². The highest BCUT2D eigenvalue weighted by Crippen LogP contribution is 2.18. The lowest BCUT2D eigenvalue weighted by atomic mass is 10.1. The number of benzene rings is 2. The van der Waals surface area contributed by atoms with E-state index in [-0.39, 0.29) is 17.7 Å². The average molecular weight is 467 g/mol. The Morgan fingerprint density at radius 2 is 1.69 bits per heavy atom. The molecule has 174 valence electrons. The van der Waals surface area contributed by atoms with E-state index in [1.165, 1.54) is 10.9 Å². The molecule has 4 aromatic heterocycles. The summed E-state index contributed by atoms with van der Waals surface area (Å²) in [5.41, 5.74) is 3.91. The van der Waals surface area contributed by atoms with Crippen LogP contribution in [0.3, 0.4) is 0 Å². The van der Waals surface area contributed by atoms with Crippen molar-refractivity contribution in [3.05, 3.63) is 92.6 Å². The van der Waals surface area contributed by atoms with Crippen LogP contribution in [0.25, 0.3) is 33.4 Å². The normalized spacial score (nSPS) is 11.7. The quantitative estimate of drug-likeness (QED) is 0.396. The van der Waals surface area contributed by atoms with Gasteiger partial charge in [0.1, 0.15) is 11.7 Å². The topological polar surface area (TPSA) is 105 Å². The van der Waals surface area contributed by atoms with Gasteiger partial charge in [-0.3, -0.25) is 23.1 Å². The maximum atomic E-state index is 13.4. The lowest BCUT2D eigenvalue weighted by molar-refractivity contribution is 0.695. The van der Waals surface area contributed by atoms with Crippen molar-refractivity contribution in [3.8, 4) is 5.69 Å². The highest BCUT2D eigenvalue weighted by molar-refractivity contribution is 5.80. The summed E-state index contributed by atoms with van der Waals surface area (Å²) >= 11 is 0. The van der Waals surface area contributed by atoms with Crippen molar-refractivity contribution in [2.75, 3.05) is 0 Å². The minimum absolute atomic E-state index is 0.117. The molecule has 6 rings (SSSR count). The monoisotopic (exact) mass is 466 g/mol. The fourth-order valence-corrected chi connectivity index (χ4v) is 4.68. The molecule has 0 fully saturated rings. The lowest BCUT2D eigenvalue weighted by Gasteiger charge is -2.10. The van der Waals surface area contributed by atoms with Gasteiger partial charge < -0.3 is 0 Å². The summed E-state index contributed by atoms with van der Waals surface area (Å²) in [7, 11) is 0. The van der Waals surface area contributed by atoms with Gasteiger partial charge in [-0.1, -0.05) is 18.2 Å². The lowest BCUT2D eigenvalue weighted by Crippen LogP contribution is -2.24. The molecule has 10 heteroatoms. The Balaban J connectivity index is 1.50. The molecule has 0 unspecified atom stereocenters. The molecule has 0 aliphatic carbocycles. The third-order valence-electron chi connectivity index (χ3n) is 6.21. The van der Waals surface area contributed by atoms with Crippen LogP contribution in [0.5, 0.6) is 0 Å². The van der Waals surface area contributed by atoms with Crippen LogP contribution in [0.4, 0.5) is 0 Å². The van der Waals surface area contributed by atoms with Crippen molar-refractivity contribution in [1.82, 2.24) is 38.5 Å². The summed E-state index contributed by atoms with van der Waals surface area (Å²) in [5, 5.41) is 14.0. The third-order valence-corrected chi connectivity index (χ3v) is 6.21. The van der Waals surface area contributed by atoms with Crippen LogP contribution in [0.1, 0.15) is 23.9 Å². The molecule has 0 aliphatic heterocycles. The van der Waals surface area contributed by atoms with Crippen LogP contribution < -0.4 is 11.1 Å². The van der Waals surface area contributed by atoms with Gasteiger partial charge in [0, 0.05) is 6.54 Å². The molecular formula is C25H22N8O2. The van der Waals surface area contributed by atoms with Crippen molar-refractivity contribution in [2.45, 2.75) is 33.9 Å².